The second kappa shape index (κ2) is 7.75. The maximum absolute atomic E-state index is 12.2. The average molecular weight is 330 g/mol. The molecule has 0 bridgehead atoms. The number of piperazine rings is 1. The van der Waals surface area contributed by atoms with Gasteiger partial charge in [0.05, 0.1) is 11.1 Å². The van der Waals surface area contributed by atoms with Gasteiger partial charge in [-0.05, 0) is 12.1 Å². The van der Waals surface area contributed by atoms with Crippen molar-refractivity contribution in [2.45, 2.75) is 0 Å². The molecule has 1 aromatic carbocycles. The molecule has 0 atom stereocenters. The highest BCUT2D eigenvalue weighted by Gasteiger charge is 2.34. The summed E-state index contributed by atoms with van der Waals surface area (Å²) in [5.74, 6) is -0.313. The summed E-state index contributed by atoms with van der Waals surface area (Å²) in [6.45, 7) is 5.13. The molecule has 0 aromatic heterocycles. The van der Waals surface area contributed by atoms with Gasteiger partial charge >= 0.3 is 0 Å². The smallest absolute Gasteiger partial charge is 0.261 e. The number of hydrogen-bond donors (Lipinski definition) is 1. The van der Waals surface area contributed by atoms with Crippen molar-refractivity contribution in [3.05, 3.63) is 35.4 Å². The lowest BCUT2D eigenvalue weighted by atomic mass is 10.1. The van der Waals surface area contributed by atoms with Crippen LogP contribution in [0.15, 0.2) is 24.3 Å². The highest BCUT2D eigenvalue weighted by Crippen LogP contribution is 2.21. The molecule has 2 aliphatic heterocycles. The number of fused-ring (bicyclic) bond motifs is 1. The molecule has 1 aromatic rings. The summed E-state index contributed by atoms with van der Waals surface area (Å²) in [4.78, 5) is 28.0. The molecule has 1 N–H and O–H groups in total. The quantitative estimate of drug-likeness (QED) is 0.561. The fourth-order valence-corrected chi connectivity index (χ4v) is 2.62. The van der Waals surface area contributed by atoms with Crippen molar-refractivity contribution in [3.63, 3.8) is 0 Å². The molecule has 0 aliphatic carbocycles. The zero-order valence-corrected chi connectivity index (χ0v) is 13.0. The van der Waals surface area contributed by atoms with Crippen LogP contribution in [0.25, 0.3) is 0 Å². The van der Waals surface area contributed by atoms with Crippen LogP contribution in [0.4, 0.5) is 0 Å². The molecule has 2 amide bonds. The Kier molecular flexibility index (Phi) is 6.61. The van der Waals surface area contributed by atoms with Gasteiger partial charge in [0.25, 0.3) is 11.8 Å². The van der Waals surface area contributed by atoms with Crippen LogP contribution < -0.4 is 30.1 Å². The van der Waals surface area contributed by atoms with Crippen LogP contribution in [-0.2, 0) is 0 Å². The van der Waals surface area contributed by atoms with Gasteiger partial charge in [0.15, 0.2) is 0 Å². The Labute approximate surface area is 136 Å². The standard InChI is InChI=1S/C14H17N3O2.2ClH/c18-13-11-3-1-2-4-12(11)14(19)17(13)10-9-16-7-5-15-6-8-16;;/h1-4,15H,5-10H2;2*1H/p-2. The van der Waals surface area contributed by atoms with Gasteiger partial charge in [0, 0.05) is 39.3 Å². The van der Waals surface area contributed by atoms with Gasteiger partial charge in [0.2, 0.25) is 0 Å². The normalized spacial score (nSPS) is 18.0. The van der Waals surface area contributed by atoms with Crippen LogP contribution in [-0.4, -0.2) is 60.9 Å². The van der Waals surface area contributed by atoms with E-state index in [1.807, 2.05) is 0 Å². The van der Waals surface area contributed by atoms with Crippen molar-refractivity contribution in [2.24, 2.45) is 0 Å². The Balaban J connectivity index is 0.00000110. The molecule has 0 unspecified atom stereocenters. The Morgan fingerprint density at radius 1 is 0.905 bits per heavy atom. The van der Waals surface area contributed by atoms with E-state index in [4.69, 9.17) is 0 Å². The van der Waals surface area contributed by atoms with Gasteiger partial charge in [-0.1, -0.05) is 12.1 Å². The second-order valence-electron chi connectivity index (χ2n) is 4.90. The van der Waals surface area contributed by atoms with Crippen molar-refractivity contribution in [1.82, 2.24) is 15.1 Å². The van der Waals surface area contributed by atoms with Crippen LogP contribution in [0.1, 0.15) is 20.7 Å². The first-order valence-electron chi connectivity index (χ1n) is 6.65. The van der Waals surface area contributed by atoms with Crippen molar-refractivity contribution < 1.29 is 34.4 Å². The molecule has 3 rings (SSSR count). The predicted molar refractivity (Wildman–Crippen MR) is 71.1 cm³/mol. The number of rotatable bonds is 3. The minimum Gasteiger partial charge on any atom is -1.00 e. The third kappa shape index (κ3) is 3.55. The second-order valence-corrected chi connectivity index (χ2v) is 4.90. The van der Waals surface area contributed by atoms with E-state index >= 15 is 0 Å². The Bertz CT molecular complexity index is 484. The summed E-state index contributed by atoms with van der Waals surface area (Å²) < 4.78 is 0. The van der Waals surface area contributed by atoms with Gasteiger partial charge in [-0.15, -0.1) is 0 Å². The molecular weight excluding hydrogens is 313 g/mol. The maximum atomic E-state index is 12.2. The lowest BCUT2D eigenvalue weighted by Crippen LogP contribution is -3.00. The van der Waals surface area contributed by atoms with Crippen molar-refractivity contribution >= 4 is 11.8 Å². The van der Waals surface area contributed by atoms with Gasteiger partial charge in [-0.2, -0.15) is 0 Å². The zero-order chi connectivity index (χ0) is 13.2. The summed E-state index contributed by atoms with van der Waals surface area (Å²) in [6, 6.07) is 7.04. The van der Waals surface area contributed by atoms with Gasteiger partial charge in [-0.25, -0.2) is 0 Å². The maximum Gasteiger partial charge on any atom is 0.261 e. The van der Waals surface area contributed by atoms with E-state index in [1.165, 1.54) is 4.90 Å². The van der Waals surface area contributed by atoms with E-state index in [-0.39, 0.29) is 36.6 Å². The van der Waals surface area contributed by atoms with E-state index in [0.717, 1.165) is 32.7 Å². The number of hydrogen-bond acceptors (Lipinski definition) is 4. The fraction of sp³-hybridized carbons (Fsp3) is 0.429. The topological polar surface area (TPSA) is 52.7 Å². The van der Waals surface area contributed by atoms with Crippen molar-refractivity contribution in [3.8, 4) is 0 Å². The predicted octanol–water partition coefficient (Wildman–Crippen LogP) is -5.80. The first-order valence-corrected chi connectivity index (χ1v) is 6.65. The summed E-state index contributed by atoms with van der Waals surface area (Å²) in [5.41, 5.74) is 1.07. The molecular formula is C14H17Cl2N3O2-2. The highest BCUT2D eigenvalue weighted by atomic mass is 35.5. The van der Waals surface area contributed by atoms with Crippen LogP contribution in [0.2, 0.25) is 0 Å². The molecule has 7 heteroatoms. The van der Waals surface area contributed by atoms with E-state index in [9.17, 15) is 9.59 Å². The van der Waals surface area contributed by atoms with Crippen LogP contribution >= 0.6 is 0 Å². The highest BCUT2D eigenvalue weighted by molar-refractivity contribution is 6.21. The Hall–Kier alpha value is -1.14. The van der Waals surface area contributed by atoms with Gasteiger partial charge < -0.3 is 30.1 Å². The first kappa shape index (κ1) is 17.9. The number of nitrogens with zero attached hydrogens (tertiary/aromatic N) is 2. The number of halogens is 2. The lowest BCUT2D eigenvalue weighted by molar-refractivity contribution is -0.001000. The van der Waals surface area contributed by atoms with E-state index < -0.39 is 0 Å². The number of benzene rings is 1. The van der Waals surface area contributed by atoms with E-state index in [1.54, 1.807) is 24.3 Å². The number of nitrogens with one attached hydrogen (secondary N) is 1. The molecule has 2 heterocycles. The first-order chi connectivity index (χ1) is 9.27. The Morgan fingerprint density at radius 3 is 1.95 bits per heavy atom. The number of amides is 2. The fourth-order valence-electron chi connectivity index (χ4n) is 2.62. The number of carbonyl (C=O) groups is 2. The molecule has 2 aliphatic rings. The summed E-state index contributed by atoms with van der Waals surface area (Å²) in [5, 5.41) is 3.29. The van der Waals surface area contributed by atoms with Crippen LogP contribution in [0.3, 0.4) is 0 Å². The van der Waals surface area contributed by atoms with E-state index in [2.05, 4.69) is 10.2 Å². The molecule has 0 spiro atoms. The number of imide groups is 1. The van der Waals surface area contributed by atoms with Crippen molar-refractivity contribution in [2.75, 3.05) is 39.3 Å². The average Bonchev–Trinajstić information content (AvgIpc) is 2.71. The minimum atomic E-state index is -0.157. The molecule has 5 nitrogen and oxygen atoms in total. The largest absolute Gasteiger partial charge is 1.00 e. The van der Waals surface area contributed by atoms with Crippen molar-refractivity contribution in [1.29, 1.82) is 0 Å². The summed E-state index contributed by atoms with van der Waals surface area (Å²) in [7, 11) is 0. The summed E-state index contributed by atoms with van der Waals surface area (Å²) >= 11 is 0. The molecule has 1 saturated heterocycles. The van der Waals surface area contributed by atoms with Gasteiger partial charge in [-0.3, -0.25) is 19.4 Å². The molecule has 21 heavy (non-hydrogen) atoms. The summed E-state index contributed by atoms with van der Waals surface area (Å²) in [6.07, 6.45) is 0. The lowest BCUT2D eigenvalue weighted by Gasteiger charge is -2.28. The molecule has 0 radical (unpaired) electrons. The molecule has 116 valence electrons. The van der Waals surface area contributed by atoms with Crippen LogP contribution in [0, 0.1) is 0 Å². The van der Waals surface area contributed by atoms with Crippen LogP contribution in [0.5, 0.6) is 0 Å². The molecule has 0 saturated carbocycles. The van der Waals surface area contributed by atoms with E-state index in [0.29, 0.717) is 17.7 Å². The third-order valence-corrected chi connectivity index (χ3v) is 3.73. The zero-order valence-electron chi connectivity index (χ0n) is 11.5. The monoisotopic (exact) mass is 329 g/mol. The molecule has 1 fully saturated rings. The SMILES string of the molecule is O=C1c2ccccc2C(=O)N1CCN1CCNCC1.[Cl-].[Cl-]. The van der Waals surface area contributed by atoms with Gasteiger partial charge in [0.1, 0.15) is 0 Å². The number of carbonyl (C=O) groups excluding carboxylic acids is 2. The Morgan fingerprint density at radius 2 is 1.43 bits per heavy atom. The third-order valence-electron chi connectivity index (χ3n) is 3.73. The minimum absolute atomic E-state index is 0.